The van der Waals surface area contributed by atoms with E-state index in [4.69, 9.17) is 4.74 Å². The molecule has 0 fully saturated rings. The molecule has 1 rings (SSSR count). The van der Waals surface area contributed by atoms with Gasteiger partial charge in [-0.05, 0) is 19.4 Å². The van der Waals surface area contributed by atoms with Crippen molar-refractivity contribution in [3.8, 4) is 0 Å². The molecule has 0 radical (unpaired) electrons. The van der Waals surface area contributed by atoms with E-state index in [0.717, 1.165) is 19.6 Å². The van der Waals surface area contributed by atoms with Gasteiger partial charge in [0.1, 0.15) is 0 Å². The van der Waals surface area contributed by atoms with E-state index in [9.17, 15) is 0 Å². The largest absolute Gasteiger partial charge is 0.385 e. The highest BCUT2D eigenvalue weighted by Gasteiger charge is 1.94. The van der Waals surface area contributed by atoms with Gasteiger partial charge in [-0.2, -0.15) is 5.10 Å². The van der Waals surface area contributed by atoms with Crippen molar-refractivity contribution in [2.45, 2.75) is 19.9 Å². The molecule has 1 aromatic heterocycles. The molecule has 1 aromatic rings. The van der Waals surface area contributed by atoms with E-state index < -0.39 is 0 Å². The van der Waals surface area contributed by atoms with Crippen LogP contribution in [0.2, 0.25) is 0 Å². The van der Waals surface area contributed by atoms with Crippen LogP contribution < -0.4 is 0 Å². The molecule has 0 aliphatic rings. The van der Waals surface area contributed by atoms with Crippen molar-refractivity contribution in [2.75, 3.05) is 13.7 Å². The summed E-state index contributed by atoms with van der Waals surface area (Å²) in [6, 6.07) is 2.01. The van der Waals surface area contributed by atoms with E-state index in [0.29, 0.717) is 0 Å². The summed E-state index contributed by atoms with van der Waals surface area (Å²) in [7, 11) is 1.72. The molecule has 0 spiro atoms. The van der Waals surface area contributed by atoms with Crippen molar-refractivity contribution >= 4 is 0 Å². The second-order valence-corrected chi connectivity index (χ2v) is 2.54. The van der Waals surface area contributed by atoms with E-state index in [1.54, 1.807) is 7.11 Å². The molecule has 62 valence electrons. The molecule has 0 aliphatic carbocycles. The molecule has 0 aromatic carbocycles. The third kappa shape index (κ3) is 2.35. The molecule has 0 atom stereocenters. The van der Waals surface area contributed by atoms with E-state index in [2.05, 4.69) is 12.0 Å². The SMILES string of the molecule is COCCCn1nccc1C. The van der Waals surface area contributed by atoms with Crippen molar-refractivity contribution in [2.24, 2.45) is 0 Å². The van der Waals surface area contributed by atoms with Gasteiger partial charge >= 0.3 is 0 Å². The van der Waals surface area contributed by atoms with Crippen molar-refractivity contribution in [3.63, 3.8) is 0 Å². The molecular weight excluding hydrogens is 140 g/mol. The molecule has 0 N–H and O–H groups in total. The first-order chi connectivity index (χ1) is 5.34. The van der Waals surface area contributed by atoms with E-state index in [1.165, 1.54) is 5.69 Å². The first-order valence-electron chi connectivity index (χ1n) is 3.82. The Kier molecular flexibility index (Phi) is 3.11. The summed E-state index contributed by atoms with van der Waals surface area (Å²) in [5, 5.41) is 4.15. The third-order valence-electron chi connectivity index (χ3n) is 1.65. The van der Waals surface area contributed by atoms with Crippen LogP contribution in [0, 0.1) is 6.92 Å². The molecule has 11 heavy (non-hydrogen) atoms. The number of aryl methyl sites for hydroxylation is 2. The summed E-state index contributed by atoms with van der Waals surface area (Å²) in [6.45, 7) is 3.81. The monoisotopic (exact) mass is 154 g/mol. The van der Waals surface area contributed by atoms with Crippen LogP contribution in [0.25, 0.3) is 0 Å². The summed E-state index contributed by atoms with van der Waals surface area (Å²) in [4.78, 5) is 0. The Hall–Kier alpha value is -0.830. The zero-order chi connectivity index (χ0) is 8.10. The second-order valence-electron chi connectivity index (χ2n) is 2.54. The topological polar surface area (TPSA) is 27.1 Å². The fraction of sp³-hybridized carbons (Fsp3) is 0.625. The van der Waals surface area contributed by atoms with E-state index >= 15 is 0 Å². The molecule has 0 bridgehead atoms. The predicted octanol–water partition coefficient (Wildman–Crippen LogP) is 1.23. The molecule has 0 amide bonds. The Balaban J connectivity index is 2.32. The van der Waals surface area contributed by atoms with Crippen LogP contribution >= 0.6 is 0 Å². The van der Waals surface area contributed by atoms with Crippen LogP contribution in [0.15, 0.2) is 12.3 Å². The Morgan fingerprint density at radius 2 is 2.45 bits per heavy atom. The number of aromatic nitrogens is 2. The minimum absolute atomic E-state index is 0.805. The minimum atomic E-state index is 0.805. The standard InChI is InChI=1S/C8H14N2O/c1-8-4-5-9-10(8)6-3-7-11-2/h4-5H,3,6-7H2,1-2H3. The number of nitrogens with zero attached hydrogens (tertiary/aromatic N) is 2. The van der Waals surface area contributed by atoms with Crippen molar-refractivity contribution in [1.29, 1.82) is 0 Å². The van der Waals surface area contributed by atoms with Crippen molar-refractivity contribution < 1.29 is 4.74 Å². The number of ether oxygens (including phenoxy) is 1. The van der Waals surface area contributed by atoms with Gasteiger partial charge in [0.25, 0.3) is 0 Å². The Morgan fingerprint density at radius 3 is 3.00 bits per heavy atom. The number of methoxy groups -OCH3 is 1. The molecule has 0 saturated carbocycles. The molecule has 1 heterocycles. The first-order valence-corrected chi connectivity index (χ1v) is 3.82. The smallest absolute Gasteiger partial charge is 0.0492 e. The number of hydrogen-bond acceptors (Lipinski definition) is 2. The maximum Gasteiger partial charge on any atom is 0.0492 e. The van der Waals surface area contributed by atoms with Gasteiger partial charge in [0.05, 0.1) is 0 Å². The Labute approximate surface area is 67.0 Å². The summed E-state index contributed by atoms with van der Waals surface area (Å²) in [5.74, 6) is 0. The summed E-state index contributed by atoms with van der Waals surface area (Å²) in [5.41, 5.74) is 1.21. The lowest BCUT2D eigenvalue weighted by molar-refractivity contribution is 0.189. The second kappa shape index (κ2) is 4.13. The van der Waals surface area contributed by atoms with Gasteiger partial charge in [-0.3, -0.25) is 4.68 Å². The molecule has 0 saturated heterocycles. The normalized spacial score (nSPS) is 10.4. The molecule has 3 nitrogen and oxygen atoms in total. The van der Waals surface area contributed by atoms with Gasteiger partial charge in [0.15, 0.2) is 0 Å². The van der Waals surface area contributed by atoms with Gasteiger partial charge in [0.2, 0.25) is 0 Å². The Bertz CT molecular complexity index is 208. The summed E-state index contributed by atoms with van der Waals surface area (Å²) >= 11 is 0. The van der Waals surface area contributed by atoms with E-state index in [-0.39, 0.29) is 0 Å². The fourth-order valence-corrected chi connectivity index (χ4v) is 0.992. The molecule has 3 heteroatoms. The highest BCUT2D eigenvalue weighted by atomic mass is 16.5. The van der Waals surface area contributed by atoms with Gasteiger partial charge in [-0.1, -0.05) is 0 Å². The zero-order valence-corrected chi connectivity index (χ0v) is 7.08. The molecule has 0 unspecified atom stereocenters. The first kappa shape index (κ1) is 8.27. The van der Waals surface area contributed by atoms with E-state index in [1.807, 2.05) is 16.9 Å². The highest BCUT2D eigenvalue weighted by molar-refractivity contribution is 4.96. The number of hydrogen-bond donors (Lipinski definition) is 0. The maximum atomic E-state index is 4.94. The number of rotatable bonds is 4. The molecule has 0 aliphatic heterocycles. The highest BCUT2D eigenvalue weighted by Crippen LogP contribution is 1.96. The summed E-state index contributed by atoms with van der Waals surface area (Å²) in [6.07, 6.45) is 2.85. The van der Waals surface area contributed by atoms with Crippen LogP contribution in [-0.2, 0) is 11.3 Å². The van der Waals surface area contributed by atoms with Crippen LogP contribution in [0.3, 0.4) is 0 Å². The van der Waals surface area contributed by atoms with Crippen LogP contribution in [0.4, 0.5) is 0 Å². The fourth-order valence-electron chi connectivity index (χ4n) is 0.992. The van der Waals surface area contributed by atoms with Crippen LogP contribution in [-0.4, -0.2) is 23.5 Å². The van der Waals surface area contributed by atoms with Gasteiger partial charge in [-0.15, -0.1) is 0 Å². The summed E-state index contributed by atoms with van der Waals surface area (Å²) < 4.78 is 6.92. The van der Waals surface area contributed by atoms with Crippen molar-refractivity contribution in [3.05, 3.63) is 18.0 Å². The maximum absolute atomic E-state index is 4.94. The van der Waals surface area contributed by atoms with Crippen LogP contribution in [0.1, 0.15) is 12.1 Å². The zero-order valence-electron chi connectivity index (χ0n) is 7.08. The quantitative estimate of drug-likeness (QED) is 0.610. The average Bonchev–Trinajstić information content (AvgIpc) is 2.37. The van der Waals surface area contributed by atoms with Crippen molar-refractivity contribution in [1.82, 2.24) is 9.78 Å². The van der Waals surface area contributed by atoms with Gasteiger partial charge in [0, 0.05) is 32.2 Å². The Morgan fingerprint density at radius 1 is 1.64 bits per heavy atom. The van der Waals surface area contributed by atoms with Gasteiger partial charge < -0.3 is 4.74 Å². The lowest BCUT2D eigenvalue weighted by atomic mass is 10.4. The molecular formula is C8H14N2O. The minimum Gasteiger partial charge on any atom is -0.385 e. The van der Waals surface area contributed by atoms with Crippen LogP contribution in [0.5, 0.6) is 0 Å². The lowest BCUT2D eigenvalue weighted by Gasteiger charge is -2.02. The van der Waals surface area contributed by atoms with Gasteiger partial charge in [-0.25, -0.2) is 0 Å². The third-order valence-corrected chi connectivity index (χ3v) is 1.65. The lowest BCUT2D eigenvalue weighted by Crippen LogP contribution is -2.04. The average molecular weight is 154 g/mol. The predicted molar refractivity (Wildman–Crippen MR) is 43.5 cm³/mol.